The molecule has 4 rings (SSSR count). The molecule has 212 valence electrons. The van der Waals surface area contributed by atoms with Crippen LogP contribution in [0.3, 0.4) is 0 Å². The molecule has 2 amide bonds. The standard InChI is InChI=1S/C27H35F3N6O3/c1-3-20-23(32-16-9-11-26(2,39)12-10-16)35-24(21(34-20)22(31)37)33-17-7-8-18(19(15-17)27(28,29)30)25(38)36-13-5-4-6-14-36/h7-8,15-16,39H,3-6,9-14H2,1-2H3,(H2,31,37)(H2,32,33,35)/t16-,26-. The number of carbonyl (C=O) groups excluding carboxylic acids is 2. The minimum atomic E-state index is -4.78. The Morgan fingerprint density at radius 3 is 2.38 bits per heavy atom. The molecule has 0 spiro atoms. The summed E-state index contributed by atoms with van der Waals surface area (Å²) in [7, 11) is 0. The van der Waals surface area contributed by atoms with Gasteiger partial charge in [0.2, 0.25) is 0 Å². The lowest BCUT2D eigenvalue weighted by Crippen LogP contribution is -2.36. The summed E-state index contributed by atoms with van der Waals surface area (Å²) < 4.78 is 42.2. The molecule has 12 heteroatoms. The van der Waals surface area contributed by atoms with Crippen LogP contribution in [0.2, 0.25) is 0 Å². The van der Waals surface area contributed by atoms with Gasteiger partial charge in [0, 0.05) is 24.8 Å². The first-order valence-electron chi connectivity index (χ1n) is 13.3. The summed E-state index contributed by atoms with van der Waals surface area (Å²) in [6.45, 7) is 4.48. The van der Waals surface area contributed by atoms with Crippen LogP contribution >= 0.6 is 0 Å². The average Bonchev–Trinajstić information content (AvgIpc) is 2.89. The number of rotatable bonds is 7. The molecule has 1 aliphatic carbocycles. The minimum Gasteiger partial charge on any atom is -0.390 e. The summed E-state index contributed by atoms with van der Waals surface area (Å²) in [5.41, 5.74) is 3.59. The van der Waals surface area contributed by atoms with Crippen LogP contribution in [-0.4, -0.2) is 56.5 Å². The Hall–Kier alpha value is -3.41. The molecule has 2 aromatic rings. The molecule has 0 unspecified atom stereocenters. The SMILES string of the molecule is CCc1nc(C(N)=O)c(Nc2ccc(C(=O)N3CCCCC3)c(C(F)(F)F)c2)nc1N[C@H]1CC[C@](C)(O)CC1. The van der Waals surface area contributed by atoms with Crippen LogP contribution in [0.1, 0.15) is 90.9 Å². The fraction of sp³-hybridized carbons (Fsp3) is 0.556. The first-order chi connectivity index (χ1) is 18.4. The van der Waals surface area contributed by atoms with Crippen molar-refractivity contribution in [1.29, 1.82) is 0 Å². The number of hydrogen-bond acceptors (Lipinski definition) is 7. The molecule has 0 radical (unpaired) electrons. The molecule has 2 heterocycles. The van der Waals surface area contributed by atoms with Gasteiger partial charge in [0.1, 0.15) is 5.82 Å². The van der Waals surface area contributed by atoms with E-state index in [-0.39, 0.29) is 23.2 Å². The van der Waals surface area contributed by atoms with Crippen molar-refractivity contribution in [3.63, 3.8) is 0 Å². The van der Waals surface area contributed by atoms with Gasteiger partial charge in [0.15, 0.2) is 11.5 Å². The van der Waals surface area contributed by atoms with E-state index >= 15 is 0 Å². The fourth-order valence-corrected chi connectivity index (χ4v) is 5.12. The smallest absolute Gasteiger partial charge is 0.390 e. The molecular weight excluding hydrogens is 513 g/mol. The highest BCUT2D eigenvalue weighted by Crippen LogP contribution is 2.36. The molecule has 1 aromatic carbocycles. The largest absolute Gasteiger partial charge is 0.417 e. The highest BCUT2D eigenvalue weighted by Gasteiger charge is 2.37. The molecule has 2 aliphatic rings. The molecule has 1 saturated carbocycles. The second kappa shape index (κ2) is 11.4. The third-order valence-corrected chi connectivity index (χ3v) is 7.40. The van der Waals surface area contributed by atoms with Crippen molar-refractivity contribution in [1.82, 2.24) is 14.9 Å². The molecule has 0 atom stereocenters. The lowest BCUT2D eigenvalue weighted by Gasteiger charge is -2.34. The van der Waals surface area contributed by atoms with Gasteiger partial charge < -0.3 is 26.4 Å². The van der Waals surface area contributed by atoms with Crippen molar-refractivity contribution in [3.05, 3.63) is 40.7 Å². The Bertz CT molecular complexity index is 1220. The predicted octanol–water partition coefficient (Wildman–Crippen LogP) is 4.63. The number of anilines is 3. The van der Waals surface area contributed by atoms with Gasteiger partial charge in [-0.05, 0) is 76.5 Å². The Labute approximate surface area is 225 Å². The number of halogens is 3. The van der Waals surface area contributed by atoms with Crippen molar-refractivity contribution in [3.8, 4) is 0 Å². The summed E-state index contributed by atoms with van der Waals surface area (Å²) >= 11 is 0. The monoisotopic (exact) mass is 548 g/mol. The number of nitrogens with one attached hydrogen (secondary N) is 2. The second-order valence-electron chi connectivity index (χ2n) is 10.6. The van der Waals surface area contributed by atoms with Gasteiger partial charge >= 0.3 is 6.18 Å². The number of nitrogens with two attached hydrogens (primary N) is 1. The second-order valence-corrected chi connectivity index (χ2v) is 10.6. The molecule has 9 nitrogen and oxygen atoms in total. The summed E-state index contributed by atoms with van der Waals surface area (Å²) in [5, 5.41) is 16.3. The zero-order valence-electron chi connectivity index (χ0n) is 22.2. The number of amides is 2. The third-order valence-electron chi connectivity index (χ3n) is 7.40. The average molecular weight is 549 g/mol. The van der Waals surface area contributed by atoms with E-state index < -0.39 is 34.7 Å². The van der Waals surface area contributed by atoms with Crippen molar-refractivity contribution in [2.45, 2.75) is 83.0 Å². The van der Waals surface area contributed by atoms with Gasteiger partial charge in [-0.2, -0.15) is 13.2 Å². The molecular formula is C27H35F3N6O3. The summed E-state index contributed by atoms with van der Waals surface area (Å²) in [6.07, 6.45) is 0.705. The molecule has 1 aromatic heterocycles. The first-order valence-corrected chi connectivity index (χ1v) is 13.3. The van der Waals surface area contributed by atoms with E-state index in [0.29, 0.717) is 56.7 Å². The van der Waals surface area contributed by atoms with Gasteiger partial charge in [0.05, 0.1) is 22.4 Å². The number of likely N-dealkylation sites (tertiary alicyclic amines) is 1. The maximum absolute atomic E-state index is 14.1. The summed E-state index contributed by atoms with van der Waals surface area (Å²) in [6, 6.07) is 3.35. The normalized spacial score (nSPS) is 21.9. The van der Waals surface area contributed by atoms with Crippen LogP contribution in [0.25, 0.3) is 0 Å². The number of aryl methyl sites for hydroxylation is 1. The Balaban J connectivity index is 1.66. The van der Waals surface area contributed by atoms with Crippen LogP contribution in [-0.2, 0) is 12.6 Å². The Kier molecular flexibility index (Phi) is 8.34. The van der Waals surface area contributed by atoms with Crippen LogP contribution in [0, 0.1) is 0 Å². The molecule has 1 aliphatic heterocycles. The number of carbonyl (C=O) groups is 2. The quantitative estimate of drug-likeness (QED) is 0.396. The van der Waals surface area contributed by atoms with Crippen molar-refractivity contribution in [2.24, 2.45) is 5.73 Å². The lowest BCUT2D eigenvalue weighted by atomic mass is 9.83. The van der Waals surface area contributed by atoms with Crippen LogP contribution in [0.4, 0.5) is 30.5 Å². The minimum absolute atomic E-state index is 0.00835. The molecule has 5 N–H and O–H groups in total. The van der Waals surface area contributed by atoms with E-state index in [1.54, 1.807) is 6.92 Å². The van der Waals surface area contributed by atoms with E-state index in [1.807, 2.05) is 6.92 Å². The zero-order valence-corrected chi connectivity index (χ0v) is 22.2. The van der Waals surface area contributed by atoms with Crippen LogP contribution < -0.4 is 16.4 Å². The van der Waals surface area contributed by atoms with Crippen molar-refractivity contribution < 1.29 is 27.9 Å². The van der Waals surface area contributed by atoms with Gasteiger partial charge in [-0.25, -0.2) is 9.97 Å². The maximum Gasteiger partial charge on any atom is 0.417 e. The number of alkyl halides is 3. The van der Waals surface area contributed by atoms with E-state index in [0.717, 1.165) is 31.4 Å². The van der Waals surface area contributed by atoms with E-state index in [9.17, 15) is 27.9 Å². The molecule has 39 heavy (non-hydrogen) atoms. The number of piperidine rings is 1. The highest BCUT2D eigenvalue weighted by molar-refractivity contribution is 5.98. The highest BCUT2D eigenvalue weighted by atomic mass is 19.4. The Morgan fingerprint density at radius 2 is 1.79 bits per heavy atom. The lowest BCUT2D eigenvalue weighted by molar-refractivity contribution is -0.138. The number of aromatic nitrogens is 2. The van der Waals surface area contributed by atoms with Crippen molar-refractivity contribution in [2.75, 3.05) is 23.7 Å². The Morgan fingerprint density at radius 1 is 1.13 bits per heavy atom. The molecule has 0 bridgehead atoms. The number of hydrogen-bond donors (Lipinski definition) is 4. The number of aliphatic hydroxyl groups is 1. The number of benzene rings is 1. The number of nitrogens with zero attached hydrogens (tertiary/aromatic N) is 3. The summed E-state index contributed by atoms with van der Waals surface area (Å²) in [4.78, 5) is 35.4. The van der Waals surface area contributed by atoms with E-state index in [4.69, 9.17) is 5.73 Å². The summed E-state index contributed by atoms with van der Waals surface area (Å²) in [5.74, 6) is -1.23. The topological polar surface area (TPSA) is 133 Å². The van der Waals surface area contributed by atoms with Gasteiger partial charge in [0.25, 0.3) is 11.8 Å². The van der Waals surface area contributed by atoms with Gasteiger partial charge in [-0.1, -0.05) is 6.92 Å². The van der Waals surface area contributed by atoms with Crippen molar-refractivity contribution >= 4 is 29.1 Å². The van der Waals surface area contributed by atoms with Gasteiger partial charge in [-0.3, -0.25) is 9.59 Å². The maximum atomic E-state index is 14.1. The molecule has 2 fully saturated rings. The van der Waals surface area contributed by atoms with Crippen LogP contribution in [0.5, 0.6) is 0 Å². The predicted molar refractivity (Wildman–Crippen MR) is 141 cm³/mol. The third kappa shape index (κ3) is 6.78. The fourth-order valence-electron chi connectivity index (χ4n) is 5.12. The first kappa shape index (κ1) is 28.6. The van der Waals surface area contributed by atoms with E-state index in [1.165, 1.54) is 11.0 Å². The number of primary amides is 1. The molecule has 1 saturated heterocycles. The van der Waals surface area contributed by atoms with E-state index in [2.05, 4.69) is 20.6 Å². The van der Waals surface area contributed by atoms with Crippen LogP contribution in [0.15, 0.2) is 18.2 Å². The zero-order chi connectivity index (χ0) is 28.4. The van der Waals surface area contributed by atoms with Gasteiger partial charge in [-0.15, -0.1) is 0 Å².